The number of nitrogens with zero attached hydrogens (tertiary/aromatic N) is 4. The first kappa shape index (κ1) is 13.6. The van der Waals surface area contributed by atoms with E-state index in [1.807, 2.05) is 0 Å². The predicted octanol–water partition coefficient (Wildman–Crippen LogP) is 0.600. The topological polar surface area (TPSA) is 127 Å². The molecule has 0 fully saturated rings. The molecule has 2 aromatic heterocycles. The first-order chi connectivity index (χ1) is 9.63. The van der Waals surface area contributed by atoms with Gasteiger partial charge in [0.05, 0.1) is 17.2 Å². The second-order valence-corrected chi connectivity index (χ2v) is 3.90. The molecule has 20 heavy (non-hydrogen) atoms. The molecule has 0 aliphatic rings. The van der Waals surface area contributed by atoms with E-state index in [2.05, 4.69) is 25.7 Å². The summed E-state index contributed by atoms with van der Waals surface area (Å²) in [5, 5.41) is 27.2. The van der Waals surface area contributed by atoms with Gasteiger partial charge in [0.1, 0.15) is 5.69 Å². The molecule has 0 saturated heterocycles. The number of rotatable bonds is 5. The fraction of sp³-hybridized carbons (Fsp3) is 0.273. The Bertz CT molecular complexity index is 624. The van der Waals surface area contributed by atoms with Gasteiger partial charge in [-0.05, 0) is 18.6 Å². The molecule has 0 aromatic carbocycles. The highest BCUT2D eigenvalue weighted by molar-refractivity contribution is 5.96. The molecule has 2 aromatic rings. The third kappa shape index (κ3) is 2.76. The zero-order valence-electron chi connectivity index (χ0n) is 10.7. The van der Waals surface area contributed by atoms with Crippen LogP contribution in [0.3, 0.4) is 0 Å². The molecule has 9 heteroatoms. The van der Waals surface area contributed by atoms with E-state index in [4.69, 9.17) is 0 Å². The van der Waals surface area contributed by atoms with Gasteiger partial charge in [0.15, 0.2) is 0 Å². The standard InChI is InChI=1S/C11H12N6O3/c1-2-8-10(17(19)20)9(16-15-8)11(18)12-6-7-4-3-5-13-14-7/h3-5H,2,6H2,1H3,(H,12,18)(H,15,16). The zero-order chi connectivity index (χ0) is 14.5. The molecule has 9 nitrogen and oxygen atoms in total. The number of aryl methyl sites for hydroxylation is 1. The maximum absolute atomic E-state index is 11.9. The molecule has 0 radical (unpaired) electrons. The van der Waals surface area contributed by atoms with Gasteiger partial charge in [-0.3, -0.25) is 20.0 Å². The number of hydrogen-bond acceptors (Lipinski definition) is 6. The number of carbonyl (C=O) groups excluding carboxylic acids is 1. The summed E-state index contributed by atoms with van der Waals surface area (Å²) < 4.78 is 0. The monoisotopic (exact) mass is 276 g/mol. The molecule has 1 amide bonds. The van der Waals surface area contributed by atoms with Crippen LogP contribution in [0.15, 0.2) is 18.3 Å². The molecule has 0 unspecified atom stereocenters. The Morgan fingerprint density at radius 2 is 2.35 bits per heavy atom. The van der Waals surface area contributed by atoms with Crippen LogP contribution in [0.1, 0.15) is 28.8 Å². The predicted molar refractivity (Wildman–Crippen MR) is 67.8 cm³/mol. The number of amides is 1. The zero-order valence-corrected chi connectivity index (χ0v) is 10.7. The van der Waals surface area contributed by atoms with Crippen LogP contribution in [0.25, 0.3) is 0 Å². The number of aromatic nitrogens is 4. The molecule has 2 N–H and O–H groups in total. The summed E-state index contributed by atoms with van der Waals surface area (Å²) in [5.41, 5.74) is 0.360. The van der Waals surface area contributed by atoms with Crippen molar-refractivity contribution >= 4 is 11.6 Å². The minimum absolute atomic E-state index is 0.129. The summed E-state index contributed by atoms with van der Waals surface area (Å²) in [6, 6.07) is 3.37. The lowest BCUT2D eigenvalue weighted by molar-refractivity contribution is -0.385. The average molecular weight is 276 g/mol. The van der Waals surface area contributed by atoms with Gasteiger partial charge in [0.2, 0.25) is 5.69 Å². The number of carbonyl (C=O) groups is 1. The molecule has 0 spiro atoms. The van der Waals surface area contributed by atoms with Crippen molar-refractivity contribution in [1.82, 2.24) is 25.7 Å². The number of nitrogens with one attached hydrogen (secondary N) is 2. The van der Waals surface area contributed by atoms with Gasteiger partial charge >= 0.3 is 5.69 Å². The lowest BCUT2D eigenvalue weighted by atomic mass is 10.2. The van der Waals surface area contributed by atoms with Crippen LogP contribution >= 0.6 is 0 Å². The van der Waals surface area contributed by atoms with Crippen LogP contribution in [0, 0.1) is 10.1 Å². The molecule has 0 aliphatic heterocycles. The Morgan fingerprint density at radius 3 is 2.95 bits per heavy atom. The van der Waals surface area contributed by atoms with Crippen molar-refractivity contribution < 1.29 is 9.72 Å². The van der Waals surface area contributed by atoms with Crippen molar-refractivity contribution in [3.05, 3.63) is 45.5 Å². The third-order valence-electron chi connectivity index (χ3n) is 2.61. The lowest BCUT2D eigenvalue weighted by Crippen LogP contribution is -2.24. The van der Waals surface area contributed by atoms with Crippen LogP contribution in [0.5, 0.6) is 0 Å². The van der Waals surface area contributed by atoms with Crippen molar-refractivity contribution in [2.45, 2.75) is 19.9 Å². The first-order valence-corrected chi connectivity index (χ1v) is 5.90. The lowest BCUT2D eigenvalue weighted by Gasteiger charge is -2.02. The second kappa shape index (κ2) is 5.87. The summed E-state index contributed by atoms with van der Waals surface area (Å²) in [5.74, 6) is -0.602. The Balaban J connectivity index is 2.14. The van der Waals surface area contributed by atoms with Crippen molar-refractivity contribution in [3.8, 4) is 0 Å². The van der Waals surface area contributed by atoms with E-state index in [9.17, 15) is 14.9 Å². The smallest absolute Gasteiger partial charge is 0.322 e. The van der Waals surface area contributed by atoms with E-state index in [0.717, 1.165) is 0 Å². The summed E-state index contributed by atoms with van der Waals surface area (Å²) in [7, 11) is 0. The molecule has 0 saturated carbocycles. The number of aromatic amines is 1. The molecular formula is C11H12N6O3. The van der Waals surface area contributed by atoms with Gasteiger partial charge in [-0.25, -0.2) is 0 Å². The van der Waals surface area contributed by atoms with Crippen molar-refractivity contribution in [2.75, 3.05) is 0 Å². The maximum Gasteiger partial charge on any atom is 0.322 e. The molecule has 2 heterocycles. The van der Waals surface area contributed by atoms with Crippen molar-refractivity contribution in [2.24, 2.45) is 0 Å². The highest BCUT2D eigenvalue weighted by atomic mass is 16.6. The minimum atomic E-state index is -0.612. The fourth-order valence-electron chi connectivity index (χ4n) is 1.66. The van der Waals surface area contributed by atoms with E-state index in [-0.39, 0.29) is 23.6 Å². The largest absolute Gasteiger partial charge is 0.345 e. The number of hydrogen-bond donors (Lipinski definition) is 2. The Kier molecular flexibility index (Phi) is 3.99. The van der Waals surface area contributed by atoms with E-state index in [1.54, 1.807) is 19.1 Å². The molecule has 2 rings (SSSR count). The summed E-state index contributed by atoms with van der Waals surface area (Å²) in [6.07, 6.45) is 1.88. The summed E-state index contributed by atoms with van der Waals surface area (Å²) in [6.45, 7) is 1.86. The Morgan fingerprint density at radius 1 is 1.55 bits per heavy atom. The maximum atomic E-state index is 11.9. The SMILES string of the molecule is CCc1n[nH]c(C(=O)NCc2cccnn2)c1[N+](=O)[O-]. The molecule has 0 bridgehead atoms. The quantitative estimate of drug-likeness (QED) is 0.608. The van der Waals surface area contributed by atoms with Crippen LogP contribution < -0.4 is 5.32 Å². The normalized spacial score (nSPS) is 10.2. The van der Waals surface area contributed by atoms with Gasteiger partial charge in [0, 0.05) is 6.20 Å². The Labute approximate surface area is 113 Å². The van der Waals surface area contributed by atoms with E-state index in [0.29, 0.717) is 12.1 Å². The Hall–Kier alpha value is -2.84. The highest BCUT2D eigenvalue weighted by Crippen LogP contribution is 2.21. The van der Waals surface area contributed by atoms with Gasteiger partial charge in [-0.2, -0.15) is 15.3 Å². The van der Waals surface area contributed by atoms with Crippen LogP contribution in [-0.2, 0) is 13.0 Å². The average Bonchev–Trinajstić information content (AvgIpc) is 2.90. The van der Waals surface area contributed by atoms with Crippen LogP contribution in [0.4, 0.5) is 5.69 Å². The van der Waals surface area contributed by atoms with Gasteiger partial charge < -0.3 is 5.32 Å². The third-order valence-corrected chi connectivity index (χ3v) is 2.61. The van der Waals surface area contributed by atoms with Crippen LogP contribution in [-0.4, -0.2) is 31.2 Å². The molecule has 104 valence electrons. The molecule has 0 aliphatic carbocycles. The van der Waals surface area contributed by atoms with Gasteiger partial charge in [-0.1, -0.05) is 6.92 Å². The number of nitro groups is 1. The van der Waals surface area contributed by atoms with Crippen LogP contribution in [0.2, 0.25) is 0 Å². The first-order valence-electron chi connectivity index (χ1n) is 5.90. The van der Waals surface area contributed by atoms with Gasteiger partial charge in [0.25, 0.3) is 5.91 Å². The minimum Gasteiger partial charge on any atom is -0.345 e. The van der Waals surface area contributed by atoms with Crippen molar-refractivity contribution in [3.63, 3.8) is 0 Å². The summed E-state index contributed by atoms with van der Waals surface area (Å²) in [4.78, 5) is 22.3. The number of H-pyrrole nitrogens is 1. The summed E-state index contributed by atoms with van der Waals surface area (Å²) >= 11 is 0. The fourth-order valence-corrected chi connectivity index (χ4v) is 1.66. The van der Waals surface area contributed by atoms with Crippen molar-refractivity contribution in [1.29, 1.82) is 0 Å². The van der Waals surface area contributed by atoms with E-state index in [1.165, 1.54) is 6.20 Å². The van der Waals surface area contributed by atoms with E-state index < -0.39 is 10.8 Å². The molecular weight excluding hydrogens is 264 g/mol. The van der Waals surface area contributed by atoms with E-state index >= 15 is 0 Å². The second-order valence-electron chi connectivity index (χ2n) is 3.90. The highest BCUT2D eigenvalue weighted by Gasteiger charge is 2.27. The molecule has 0 atom stereocenters. The van der Waals surface area contributed by atoms with Gasteiger partial charge in [-0.15, -0.1) is 0 Å².